The van der Waals surface area contributed by atoms with Gasteiger partial charge in [-0.1, -0.05) is 26.3 Å². The number of fused-ring (bicyclic) bond motifs is 1. The standard InChI is InChI=1S/C29H41N11O3/c1-4-6-12-32-28-27-23(33-29(34-28)35-37-30)20-40(36-27)19-21-10-11-22(18-24(21)43-3)38-14-16-39(17-15-38)26(42)9-7-8-13-31-25(41)5-2/h10-11,18,20H,4-9,12-17,19H2,1-3H3,(H,31,41)(H,32,33,34). The number of aromatic nitrogens is 4. The molecule has 0 atom stereocenters. The van der Waals surface area contributed by atoms with Gasteiger partial charge in [0.15, 0.2) is 11.3 Å². The van der Waals surface area contributed by atoms with Crippen molar-refractivity contribution in [3.8, 4) is 5.75 Å². The number of hydrogen-bond acceptors (Lipinski definition) is 9. The van der Waals surface area contributed by atoms with Gasteiger partial charge in [-0.2, -0.15) is 5.10 Å². The Morgan fingerprint density at radius 3 is 2.63 bits per heavy atom. The van der Waals surface area contributed by atoms with Crippen molar-refractivity contribution >= 4 is 40.3 Å². The Balaban J connectivity index is 1.37. The summed E-state index contributed by atoms with van der Waals surface area (Å²) in [6, 6.07) is 6.13. The molecule has 1 saturated heterocycles. The Kier molecular flexibility index (Phi) is 11.4. The minimum atomic E-state index is 0.0446. The van der Waals surface area contributed by atoms with E-state index in [2.05, 4.69) is 48.5 Å². The molecule has 0 bridgehead atoms. The van der Waals surface area contributed by atoms with Crippen molar-refractivity contribution in [1.82, 2.24) is 30.0 Å². The van der Waals surface area contributed by atoms with E-state index in [-0.39, 0.29) is 17.8 Å². The highest BCUT2D eigenvalue weighted by Crippen LogP contribution is 2.28. The fourth-order valence-electron chi connectivity index (χ4n) is 4.98. The quantitative estimate of drug-likeness (QED) is 0.114. The van der Waals surface area contributed by atoms with Crippen LogP contribution in [-0.4, -0.2) is 82.8 Å². The van der Waals surface area contributed by atoms with Gasteiger partial charge < -0.3 is 25.2 Å². The first-order valence-corrected chi connectivity index (χ1v) is 15.0. The van der Waals surface area contributed by atoms with Gasteiger partial charge in [-0.25, -0.2) is 9.97 Å². The molecular formula is C29H41N11O3. The van der Waals surface area contributed by atoms with Gasteiger partial charge in [0.05, 0.1) is 19.9 Å². The van der Waals surface area contributed by atoms with Crippen LogP contribution in [0.25, 0.3) is 21.5 Å². The fraction of sp³-hybridized carbons (Fsp3) is 0.552. The third kappa shape index (κ3) is 8.48. The van der Waals surface area contributed by atoms with Crippen LogP contribution in [0.1, 0.15) is 57.9 Å². The zero-order chi connectivity index (χ0) is 30.6. The van der Waals surface area contributed by atoms with E-state index in [0.29, 0.717) is 55.9 Å². The van der Waals surface area contributed by atoms with Gasteiger partial charge >= 0.3 is 0 Å². The number of piperazine rings is 1. The Hall–Kier alpha value is -4.58. The summed E-state index contributed by atoms with van der Waals surface area (Å²) < 4.78 is 7.54. The van der Waals surface area contributed by atoms with Crippen LogP contribution in [0.15, 0.2) is 29.5 Å². The van der Waals surface area contributed by atoms with Crippen molar-refractivity contribution in [1.29, 1.82) is 0 Å². The van der Waals surface area contributed by atoms with Gasteiger partial charge in [0, 0.05) is 74.3 Å². The second kappa shape index (κ2) is 15.6. The maximum Gasteiger partial charge on any atom is 0.222 e. The lowest BCUT2D eigenvalue weighted by atomic mass is 10.1. The molecule has 0 spiro atoms. The number of anilines is 2. The molecule has 1 aromatic carbocycles. The van der Waals surface area contributed by atoms with E-state index in [1.807, 2.05) is 30.2 Å². The lowest BCUT2D eigenvalue weighted by Crippen LogP contribution is -2.48. The van der Waals surface area contributed by atoms with E-state index in [1.54, 1.807) is 11.8 Å². The van der Waals surface area contributed by atoms with Crippen LogP contribution in [0.5, 0.6) is 5.75 Å². The van der Waals surface area contributed by atoms with E-state index < -0.39 is 0 Å². The van der Waals surface area contributed by atoms with Gasteiger partial charge in [-0.3, -0.25) is 14.3 Å². The van der Waals surface area contributed by atoms with Crippen LogP contribution in [0, 0.1) is 0 Å². The molecule has 1 aliphatic heterocycles. The molecule has 1 fully saturated rings. The van der Waals surface area contributed by atoms with Gasteiger partial charge in [0.1, 0.15) is 11.3 Å². The molecule has 1 aliphatic rings. The van der Waals surface area contributed by atoms with Gasteiger partial charge in [-0.05, 0) is 36.0 Å². The minimum absolute atomic E-state index is 0.0446. The normalized spacial score (nSPS) is 13.1. The number of amides is 2. The molecule has 3 heterocycles. The number of unbranched alkanes of at least 4 members (excludes halogenated alkanes) is 2. The summed E-state index contributed by atoms with van der Waals surface area (Å²) in [7, 11) is 1.65. The smallest absolute Gasteiger partial charge is 0.222 e. The second-order valence-electron chi connectivity index (χ2n) is 10.4. The van der Waals surface area contributed by atoms with Crippen molar-refractivity contribution in [2.24, 2.45) is 5.11 Å². The largest absolute Gasteiger partial charge is 0.496 e. The Bertz CT molecular complexity index is 1440. The number of benzene rings is 1. The summed E-state index contributed by atoms with van der Waals surface area (Å²) in [5, 5.41) is 14.4. The van der Waals surface area contributed by atoms with Crippen LogP contribution in [0.4, 0.5) is 17.5 Å². The summed E-state index contributed by atoms with van der Waals surface area (Å²) >= 11 is 0. The second-order valence-corrected chi connectivity index (χ2v) is 10.4. The highest BCUT2D eigenvalue weighted by Gasteiger charge is 2.22. The van der Waals surface area contributed by atoms with E-state index >= 15 is 0 Å². The number of carbonyl (C=O) groups excluding carboxylic acids is 2. The molecule has 43 heavy (non-hydrogen) atoms. The van der Waals surface area contributed by atoms with E-state index in [1.165, 1.54) is 0 Å². The maximum atomic E-state index is 12.7. The zero-order valence-corrected chi connectivity index (χ0v) is 25.3. The molecule has 0 saturated carbocycles. The first-order valence-electron chi connectivity index (χ1n) is 15.0. The highest BCUT2D eigenvalue weighted by atomic mass is 16.5. The number of methoxy groups -OCH3 is 1. The summed E-state index contributed by atoms with van der Waals surface area (Å²) in [6.45, 7) is 8.56. The number of ether oxygens (including phenoxy) is 1. The molecule has 2 aromatic heterocycles. The van der Waals surface area contributed by atoms with E-state index in [4.69, 9.17) is 15.4 Å². The fourth-order valence-corrected chi connectivity index (χ4v) is 4.98. The lowest BCUT2D eigenvalue weighted by molar-refractivity contribution is -0.131. The van der Waals surface area contributed by atoms with E-state index in [0.717, 1.165) is 62.3 Å². The first kappa shape index (κ1) is 31.4. The van der Waals surface area contributed by atoms with Crippen molar-refractivity contribution in [2.45, 2.75) is 58.9 Å². The average molecular weight is 592 g/mol. The number of azide groups is 1. The lowest BCUT2D eigenvalue weighted by Gasteiger charge is -2.36. The van der Waals surface area contributed by atoms with Crippen molar-refractivity contribution < 1.29 is 14.3 Å². The Morgan fingerprint density at radius 1 is 1.09 bits per heavy atom. The van der Waals surface area contributed by atoms with Crippen LogP contribution in [-0.2, 0) is 16.1 Å². The number of carbonyl (C=O) groups is 2. The first-order chi connectivity index (χ1) is 20.9. The van der Waals surface area contributed by atoms with Gasteiger partial charge in [-0.15, -0.1) is 0 Å². The highest BCUT2D eigenvalue weighted by molar-refractivity contribution is 5.85. The zero-order valence-electron chi connectivity index (χ0n) is 25.3. The molecule has 14 heteroatoms. The molecule has 2 N–H and O–H groups in total. The van der Waals surface area contributed by atoms with Crippen LogP contribution in [0.2, 0.25) is 0 Å². The SMILES string of the molecule is CCCCNc1nc(N=[N+]=[N-])nc2cn(Cc3ccc(N4CCN(C(=O)CCCCNC(=O)CC)CC4)cc3OC)nc12. The van der Waals surface area contributed by atoms with Gasteiger partial charge in [0.25, 0.3) is 0 Å². The summed E-state index contributed by atoms with van der Waals surface area (Å²) in [4.78, 5) is 39.7. The molecule has 0 unspecified atom stereocenters. The van der Waals surface area contributed by atoms with Crippen molar-refractivity contribution in [3.63, 3.8) is 0 Å². The third-order valence-electron chi connectivity index (χ3n) is 7.42. The van der Waals surface area contributed by atoms with Crippen LogP contribution >= 0.6 is 0 Å². The summed E-state index contributed by atoms with van der Waals surface area (Å²) in [5.41, 5.74) is 12.1. The van der Waals surface area contributed by atoms with Crippen LogP contribution in [0.3, 0.4) is 0 Å². The Morgan fingerprint density at radius 2 is 1.91 bits per heavy atom. The molecular weight excluding hydrogens is 550 g/mol. The number of hydrogen-bond donors (Lipinski definition) is 2. The Labute approximate surface area is 251 Å². The van der Waals surface area contributed by atoms with Gasteiger partial charge in [0.2, 0.25) is 17.8 Å². The summed E-state index contributed by atoms with van der Waals surface area (Å²) in [5.74, 6) is 1.55. The molecule has 0 radical (unpaired) electrons. The number of rotatable bonds is 15. The van der Waals surface area contributed by atoms with Crippen molar-refractivity contribution in [2.75, 3.05) is 56.6 Å². The number of nitrogens with zero attached hydrogens (tertiary/aromatic N) is 9. The van der Waals surface area contributed by atoms with Crippen molar-refractivity contribution in [3.05, 3.63) is 40.4 Å². The molecule has 3 aromatic rings. The molecule has 2 amide bonds. The monoisotopic (exact) mass is 591 g/mol. The molecule has 4 rings (SSSR count). The third-order valence-corrected chi connectivity index (χ3v) is 7.42. The topological polar surface area (TPSA) is 166 Å². The minimum Gasteiger partial charge on any atom is -0.496 e. The predicted molar refractivity (Wildman–Crippen MR) is 166 cm³/mol. The number of nitrogens with one attached hydrogen (secondary N) is 2. The predicted octanol–water partition coefficient (Wildman–Crippen LogP) is 4.38. The molecule has 0 aliphatic carbocycles. The molecule has 14 nitrogen and oxygen atoms in total. The van der Waals surface area contributed by atoms with Crippen LogP contribution < -0.4 is 20.3 Å². The summed E-state index contributed by atoms with van der Waals surface area (Å²) in [6.07, 6.45) is 6.37. The van der Waals surface area contributed by atoms with E-state index in [9.17, 15) is 9.59 Å². The maximum absolute atomic E-state index is 12.7. The average Bonchev–Trinajstić information content (AvgIpc) is 3.43. The molecule has 230 valence electrons.